The molecule has 198 valence electrons. The molecule has 0 unspecified atom stereocenters. The monoisotopic (exact) mass is 517 g/mol. The number of piperazine rings is 1. The van der Waals surface area contributed by atoms with Crippen LogP contribution in [0.3, 0.4) is 0 Å². The van der Waals surface area contributed by atoms with E-state index >= 15 is 0 Å². The Balaban J connectivity index is 1.52. The number of rotatable bonds is 8. The van der Waals surface area contributed by atoms with E-state index < -0.39 is 17.7 Å². The molecule has 1 aliphatic rings. The smallest absolute Gasteiger partial charge is 0.319 e. The summed E-state index contributed by atoms with van der Waals surface area (Å²) in [6.45, 7) is 8.57. The van der Waals surface area contributed by atoms with Gasteiger partial charge in [0.1, 0.15) is 0 Å². The zero-order valence-corrected chi connectivity index (χ0v) is 21.8. The molecule has 4 rings (SSSR count). The van der Waals surface area contributed by atoms with Crippen molar-refractivity contribution in [3.63, 3.8) is 0 Å². The van der Waals surface area contributed by atoms with Crippen molar-refractivity contribution in [2.45, 2.75) is 32.4 Å². The van der Waals surface area contributed by atoms with Crippen LogP contribution in [0.5, 0.6) is 0 Å². The topological polar surface area (TPSA) is 71.4 Å². The van der Waals surface area contributed by atoms with Gasteiger partial charge in [-0.25, -0.2) is 13.6 Å². The van der Waals surface area contributed by atoms with Crippen molar-refractivity contribution in [2.24, 2.45) is 0 Å². The van der Waals surface area contributed by atoms with Crippen molar-refractivity contribution in [3.8, 4) is 17.2 Å². The van der Waals surface area contributed by atoms with E-state index in [-0.39, 0.29) is 17.8 Å². The van der Waals surface area contributed by atoms with E-state index in [0.717, 1.165) is 61.4 Å². The number of urea groups is 1. The van der Waals surface area contributed by atoms with Gasteiger partial charge in [-0.1, -0.05) is 43.3 Å². The number of anilines is 1. The van der Waals surface area contributed by atoms with Crippen LogP contribution in [0.2, 0.25) is 0 Å². The molecule has 2 amide bonds. The molecule has 2 atom stereocenters. The molecule has 0 radical (unpaired) electrons. The Morgan fingerprint density at radius 1 is 1.05 bits per heavy atom. The molecule has 0 bridgehead atoms. The van der Waals surface area contributed by atoms with Crippen molar-refractivity contribution in [1.82, 2.24) is 15.1 Å². The average Bonchev–Trinajstić information content (AvgIpc) is 2.92. The predicted octanol–water partition coefficient (Wildman–Crippen LogP) is 5.78. The number of halogens is 2. The summed E-state index contributed by atoms with van der Waals surface area (Å²) in [6, 6.07) is 20.9. The molecule has 0 aromatic heterocycles. The highest BCUT2D eigenvalue weighted by Crippen LogP contribution is 2.28. The van der Waals surface area contributed by atoms with Crippen LogP contribution in [-0.4, -0.2) is 54.6 Å². The lowest BCUT2D eigenvalue weighted by molar-refractivity contribution is 0.0490. The SMILES string of the molecule is CCCN1CCN([C@H](CNC(=O)Nc2ccc(F)c(F)c2)c2ccc(-c3cccc(C#N)c3)cc2)[C@@H](C)C1. The fraction of sp³-hybridized carbons (Fsp3) is 0.333. The molecule has 0 saturated carbocycles. The first kappa shape index (κ1) is 27.2. The molecule has 38 heavy (non-hydrogen) atoms. The van der Waals surface area contributed by atoms with Crippen LogP contribution in [0.15, 0.2) is 66.7 Å². The normalized spacial score (nSPS) is 17.0. The number of nitrogens with one attached hydrogen (secondary N) is 2. The van der Waals surface area contributed by atoms with E-state index in [2.05, 4.69) is 52.5 Å². The first-order chi connectivity index (χ1) is 18.4. The highest BCUT2D eigenvalue weighted by Gasteiger charge is 2.30. The van der Waals surface area contributed by atoms with Crippen molar-refractivity contribution in [3.05, 3.63) is 89.5 Å². The van der Waals surface area contributed by atoms with Crippen LogP contribution in [0.4, 0.5) is 19.3 Å². The summed E-state index contributed by atoms with van der Waals surface area (Å²) in [6.07, 6.45) is 1.11. The quantitative estimate of drug-likeness (QED) is 0.397. The molecule has 1 fully saturated rings. The van der Waals surface area contributed by atoms with Crippen molar-refractivity contribution >= 4 is 11.7 Å². The van der Waals surface area contributed by atoms with E-state index in [0.29, 0.717) is 12.1 Å². The standard InChI is InChI=1S/C30H33F2N5O/c1-3-13-36-14-15-37(21(2)20-36)29(19-34-30(38)35-26-11-12-27(31)28(32)17-26)24-9-7-23(8-10-24)25-6-4-5-22(16-25)18-33/h4-12,16-17,21,29H,3,13-15,19-20H2,1-2H3,(H2,34,35,38)/t21-,29+/m0/s1. The molecule has 0 aliphatic carbocycles. The van der Waals surface area contributed by atoms with Gasteiger partial charge in [0.25, 0.3) is 0 Å². The van der Waals surface area contributed by atoms with Gasteiger partial charge in [0.15, 0.2) is 11.6 Å². The molecule has 8 heteroatoms. The predicted molar refractivity (Wildman–Crippen MR) is 146 cm³/mol. The molecule has 1 heterocycles. The maximum atomic E-state index is 13.6. The van der Waals surface area contributed by atoms with Gasteiger partial charge in [0.2, 0.25) is 0 Å². The van der Waals surface area contributed by atoms with Gasteiger partial charge in [-0.2, -0.15) is 5.26 Å². The highest BCUT2D eigenvalue weighted by atomic mass is 19.2. The maximum absolute atomic E-state index is 13.6. The summed E-state index contributed by atoms with van der Waals surface area (Å²) in [5.41, 5.74) is 3.84. The molecule has 3 aromatic carbocycles. The molecular weight excluding hydrogens is 484 g/mol. The van der Waals surface area contributed by atoms with E-state index in [9.17, 15) is 18.8 Å². The Morgan fingerprint density at radius 3 is 2.53 bits per heavy atom. The van der Waals surface area contributed by atoms with Gasteiger partial charge in [0.05, 0.1) is 17.7 Å². The minimum absolute atomic E-state index is 0.0797. The second-order valence-electron chi connectivity index (χ2n) is 9.68. The molecule has 0 spiro atoms. The summed E-state index contributed by atoms with van der Waals surface area (Å²) in [7, 11) is 0. The van der Waals surface area contributed by atoms with Gasteiger partial charge in [0, 0.05) is 44.0 Å². The fourth-order valence-electron chi connectivity index (χ4n) is 5.06. The third-order valence-electron chi connectivity index (χ3n) is 6.96. The van der Waals surface area contributed by atoms with Gasteiger partial charge < -0.3 is 15.5 Å². The van der Waals surface area contributed by atoms with E-state index in [1.165, 1.54) is 6.07 Å². The Kier molecular flexibility index (Phi) is 9.06. The van der Waals surface area contributed by atoms with Crippen LogP contribution in [0.1, 0.15) is 37.4 Å². The van der Waals surface area contributed by atoms with E-state index in [1.807, 2.05) is 30.3 Å². The van der Waals surface area contributed by atoms with Crippen LogP contribution < -0.4 is 10.6 Å². The van der Waals surface area contributed by atoms with E-state index in [1.54, 1.807) is 6.07 Å². The Labute approximate surface area is 222 Å². The van der Waals surface area contributed by atoms with Crippen LogP contribution >= 0.6 is 0 Å². The lowest BCUT2D eigenvalue weighted by atomic mass is 9.97. The summed E-state index contributed by atoms with van der Waals surface area (Å²) < 4.78 is 26.8. The first-order valence-electron chi connectivity index (χ1n) is 13.0. The fourth-order valence-corrected chi connectivity index (χ4v) is 5.06. The van der Waals surface area contributed by atoms with E-state index in [4.69, 9.17) is 0 Å². The molecule has 1 saturated heterocycles. The number of hydrogen-bond acceptors (Lipinski definition) is 4. The zero-order chi connectivity index (χ0) is 27.1. The van der Waals surface area contributed by atoms with Crippen LogP contribution in [-0.2, 0) is 0 Å². The summed E-state index contributed by atoms with van der Waals surface area (Å²) in [4.78, 5) is 17.5. The number of carbonyl (C=O) groups excluding carboxylic acids is 1. The Morgan fingerprint density at radius 2 is 1.84 bits per heavy atom. The van der Waals surface area contributed by atoms with Crippen molar-refractivity contribution in [1.29, 1.82) is 5.26 Å². The Hall–Kier alpha value is -3.80. The first-order valence-corrected chi connectivity index (χ1v) is 13.0. The second kappa shape index (κ2) is 12.6. The minimum Gasteiger partial charge on any atom is -0.336 e. The van der Waals surface area contributed by atoms with Gasteiger partial charge >= 0.3 is 6.03 Å². The minimum atomic E-state index is -1.01. The lowest BCUT2D eigenvalue weighted by Crippen LogP contribution is -2.54. The van der Waals surface area contributed by atoms with Crippen LogP contribution in [0, 0.1) is 23.0 Å². The molecular formula is C30H33F2N5O. The van der Waals surface area contributed by atoms with Gasteiger partial charge in [-0.05, 0) is 60.8 Å². The number of nitriles is 1. The lowest BCUT2D eigenvalue weighted by Gasteiger charge is -2.44. The summed E-state index contributed by atoms with van der Waals surface area (Å²) in [5.74, 6) is -1.98. The summed E-state index contributed by atoms with van der Waals surface area (Å²) in [5, 5.41) is 14.7. The average molecular weight is 518 g/mol. The molecule has 2 N–H and O–H groups in total. The third kappa shape index (κ3) is 6.74. The van der Waals surface area contributed by atoms with Crippen molar-refractivity contribution < 1.29 is 13.6 Å². The molecule has 6 nitrogen and oxygen atoms in total. The van der Waals surface area contributed by atoms with Gasteiger partial charge in [-0.3, -0.25) is 4.90 Å². The number of nitrogens with zero attached hydrogens (tertiary/aromatic N) is 3. The number of hydrogen-bond donors (Lipinski definition) is 2. The van der Waals surface area contributed by atoms with Crippen LogP contribution in [0.25, 0.3) is 11.1 Å². The highest BCUT2D eigenvalue weighted by molar-refractivity contribution is 5.89. The molecule has 1 aliphatic heterocycles. The maximum Gasteiger partial charge on any atom is 0.319 e. The van der Waals surface area contributed by atoms with Gasteiger partial charge in [-0.15, -0.1) is 0 Å². The number of carbonyl (C=O) groups is 1. The zero-order valence-electron chi connectivity index (χ0n) is 21.8. The molecule has 3 aromatic rings. The Bertz CT molecular complexity index is 1290. The number of amides is 2. The largest absolute Gasteiger partial charge is 0.336 e. The van der Waals surface area contributed by atoms with Crippen molar-refractivity contribution in [2.75, 3.05) is 38.0 Å². The summed E-state index contributed by atoms with van der Waals surface area (Å²) >= 11 is 0. The second-order valence-corrected chi connectivity index (χ2v) is 9.68. The number of benzene rings is 3. The third-order valence-corrected chi connectivity index (χ3v) is 6.96.